The highest BCUT2D eigenvalue weighted by molar-refractivity contribution is 6.30. The molecule has 0 atom stereocenters. The Morgan fingerprint density at radius 1 is 1.24 bits per heavy atom. The number of rotatable bonds is 7. The highest BCUT2D eigenvalue weighted by atomic mass is 35.5. The number of hydrogen-bond acceptors (Lipinski definition) is 3. The van der Waals surface area contributed by atoms with Gasteiger partial charge in [-0.2, -0.15) is 0 Å². The van der Waals surface area contributed by atoms with E-state index >= 15 is 0 Å². The lowest BCUT2D eigenvalue weighted by Crippen LogP contribution is -2.26. The van der Waals surface area contributed by atoms with E-state index in [4.69, 9.17) is 16.3 Å². The summed E-state index contributed by atoms with van der Waals surface area (Å²) in [5.74, 6) is -1.11. The lowest BCUT2D eigenvalue weighted by molar-refractivity contribution is -0.118. The number of anilines is 1. The fourth-order valence-electron chi connectivity index (χ4n) is 1.95. The van der Waals surface area contributed by atoms with Crippen LogP contribution in [0.4, 0.5) is 10.1 Å². The first-order chi connectivity index (χ1) is 12.0. The van der Waals surface area contributed by atoms with Crippen molar-refractivity contribution in [3.63, 3.8) is 0 Å². The van der Waals surface area contributed by atoms with E-state index in [1.54, 1.807) is 30.3 Å². The van der Waals surface area contributed by atoms with Gasteiger partial charge < -0.3 is 15.4 Å². The molecule has 2 rings (SSSR count). The summed E-state index contributed by atoms with van der Waals surface area (Å²) in [6.45, 7) is 3.53. The Hall–Kier alpha value is -2.86. The molecule has 0 heterocycles. The van der Waals surface area contributed by atoms with Gasteiger partial charge in [-0.15, -0.1) is 6.58 Å². The van der Waals surface area contributed by atoms with Crippen LogP contribution in [0.25, 0.3) is 0 Å². The molecular formula is C18H16ClFN2O3. The normalized spacial score (nSPS) is 10.0. The highest BCUT2D eigenvalue weighted by Gasteiger charge is 2.13. The van der Waals surface area contributed by atoms with E-state index in [-0.39, 0.29) is 23.3 Å². The van der Waals surface area contributed by atoms with Crippen molar-refractivity contribution in [3.8, 4) is 5.75 Å². The van der Waals surface area contributed by atoms with Crippen molar-refractivity contribution in [1.82, 2.24) is 5.32 Å². The van der Waals surface area contributed by atoms with Gasteiger partial charge in [0, 0.05) is 12.6 Å². The molecule has 2 aromatic rings. The van der Waals surface area contributed by atoms with Gasteiger partial charge in [0.05, 0.1) is 16.3 Å². The first kappa shape index (κ1) is 18.5. The van der Waals surface area contributed by atoms with E-state index in [2.05, 4.69) is 17.2 Å². The number of halogens is 2. The molecule has 5 nitrogen and oxygen atoms in total. The maximum atomic E-state index is 13.1. The van der Waals surface area contributed by atoms with Crippen LogP contribution in [0.2, 0.25) is 5.02 Å². The number of para-hydroxylation sites is 1. The van der Waals surface area contributed by atoms with E-state index < -0.39 is 11.7 Å². The molecule has 0 radical (unpaired) electrons. The third-order valence-electron chi connectivity index (χ3n) is 3.11. The molecule has 2 aromatic carbocycles. The second-order valence-electron chi connectivity index (χ2n) is 4.96. The first-order valence-corrected chi connectivity index (χ1v) is 7.75. The van der Waals surface area contributed by atoms with Crippen LogP contribution in [0.3, 0.4) is 0 Å². The Labute approximate surface area is 149 Å². The van der Waals surface area contributed by atoms with Crippen molar-refractivity contribution in [2.24, 2.45) is 0 Å². The Morgan fingerprint density at radius 3 is 2.72 bits per heavy atom. The zero-order valence-electron chi connectivity index (χ0n) is 13.2. The smallest absolute Gasteiger partial charge is 0.262 e. The lowest BCUT2D eigenvalue weighted by atomic mass is 10.1. The molecule has 0 unspecified atom stereocenters. The molecule has 0 saturated heterocycles. The second kappa shape index (κ2) is 8.84. The number of carbonyl (C=O) groups excluding carboxylic acids is 2. The topological polar surface area (TPSA) is 67.4 Å². The molecule has 7 heteroatoms. The Morgan fingerprint density at radius 2 is 2.00 bits per heavy atom. The van der Waals surface area contributed by atoms with Gasteiger partial charge in [-0.3, -0.25) is 9.59 Å². The van der Waals surface area contributed by atoms with Crippen molar-refractivity contribution in [1.29, 1.82) is 0 Å². The number of nitrogens with one attached hydrogen (secondary N) is 2. The minimum absolute atomic E-state index is 0.0952. The van der Waals surface area contributed by atoms with Gasteiger partial charge >= 0.3 is 0 Å². The molecule has 0 bridgehead atoms. The molecular weight excluding hydrogens is 347 g/mol. The van der Waals surface area contributed by atoms with E-state index in [0.717, 1.165) is 6.07 Å². The summed E-state index contributed by atoms with van der Waals surface area (Å²) in [7, 11) is 0. The minimum Gasteiger partial charge on any atom is -0.484 e. The number of ether oxygens (including phenoxy) is 1. The maximum absolute atomic E-state index is 13.1. The zero-order valence-corrected chi connectivity index (χ0v) is 14.0. The van der Waals surface area contributed by atoms with Gasteiger partial charge in [0.1, 0.15) is 11.6 Å². The van der Waals surface area contributed by atoms with Crippen LogP contribution < -0.4 is 15.4 Å². The van der Waals surface area contributed by atoms with Crippen LogP contribution in [0.1, 0.15) is 10.4 Å². The second-order valence-corrected chi connectivity index (χ2v) is 5.36. The third-order valence-corrected chi connectivity index (χ3v) is 3.40. The van der Waals surface area contributed by atoms with E-state index in [9.17, 15) is 14.0 Å². The lowest BCUT2D eigenvalue weighted by Gasteiger charge is -2.11. The zero-order chi connectivity index (χ0) is 18.2. The van der Waals surface area contributed by atoms with Crippen molar-refractivity contribution in [3.05, 3.63) is 71.5 Å². The number of amides is 2. The summed E-state index contributed by atoms with van der Waals surface area (Å²) in [6.07, 6.45) is 1.56. The average molecular weight is 363 g/mol. The quantitative estimate of drug-likeness (QED) is 0.742. The van der Waals surface area contributed by atoms with E-state index in [0.29, 0.717) is 17.8 Å². The van der Waals surface area contributed by atoms with E-state index in [1.165, 1.54) is 12.1 Å². The first-order valence-electron chi connectivity index (χ1n) is 7.37. The van der Waals surface area contributed by atoms with Crippen molar-refractivity contribution < 1.29 is 18.7 Å². The Bertz CT molecular complexity index is 796. The van der Waals surface area contributed by atoms with Gasteiger partial charge in [0.25, 0.3) is 11.8 Å². The van der Waals surface area contributed by atoms with Gasteiger partial charge in [-0.05, 0) is 24.3 Å². The number of hydrogen-bond donors (Lipinski definition) is 2. The highest BCUT2D eigenvalue weighted by Crippen LogP contribution is 2.21. The van der Waals surface area contributed by atoms with Gasteiger partial charge in [0.15, 0.2) is 6.61 Å². The summed E-state index contributed by atoms with van der Waals surface area (Å²) in [6, 6.07) is 10.4. The summed E-state index contributed by atoms with van der Waals surface area (Å²) in [4.78, 5) is 24.1. The number of carbonyl (C=O) groups is 2. The van der Waals surface area contributed by atoms with Crippen LogP contribution >= 0.6 is 11.6 Å². The predicted molar refractivity (Wildman–Crippen MR) is 94.5 cm³/mol. The largest absolute Gasteiger partial charge is 0.484 e. The van der Waals surface area contributed by atoms with Crippen molar-refractivity contribution in [2.45, 2.75) is 0 Å². The fraction of sp³-hybridized carbons (Fsp3) is 0.111. The minimum atomic E-state index is -0.571. The van der Waals surface area contributed by atoms with Crippen LogP contribution in [-0.2, 0) is 4.79 Å². The fourth-order valence-corrected chi connectivity index (χ4v) is 2.12. The van der Waals surface area contributed by atoms with Crippen molar-refractivity contribution >= 4 is 29.1 Å². The molecule has 0 spiro atoms. The summed E-state index contributed by atoms with van der Waals surface area (Å²) >= 11 is 5.65. The maximum Gasteiger partial charge on any atom is 0.262 e. The summed E-state index contributed by atoms with van der Waals surface area (Å²) < 4.78 is 18.3. The SMILES string of the molecule is C=CCNC(=O)c1ccccc1NC(=O)COc1ccc(F)c(Cl)c1. The third kappa shape index (κ3) is 5.32. The standard InChI is InChI=1S/C18H16ClFN2O3/c1-2-9-21-18(24)13-5-3-4-6-16(13)22-17(23)11-25-12-7-8-15(20)14(19)10-12/h2-8,10H,1,9,11H2,(H,21,24)(H,22,23). The average Bonchev–Trinajstić information content (AvgIpc) is 2.61. The molecule has 0 aliphatic rings. The molecule has 0 fully saturated rings. The summed E-state index contributed by atoms with van der Waals surface area (Å²) in [5.41, 5.74) is 0.678. The Balaban J connectivity index is 1.99. The molecule has 0 aromatic heterocycles. The van der Waals surface area contributed by atoms with Crippen LogP contribution in [0.15, 0.2) is 55.1 Å². The molecule has 0 aliphatic heterocycles. The van der Waals surface area contributed by atoms with Gasteiger partial charge in [-0.1, -0.05) is 29.8 Å². The van der Waals surface area contributed by atoms with Crippen LogP contribution in [0.5, 0.6) is 5.75 Å². The van der Waals surface area contributed by atoms with Crippen LogP contribution in [0, 0.1) is 5.82 Å². The predicted octanol–water partition coefficient (Wildman–Crippen LogP) is 3.41. The van der Waals surface area contributed by atoms with Gasteiger partial charge in [0.2, 0.25) is 0 Å². The molecule has 0 saturated carbocycles. The monoisotopic (exact) mass is 362 g/mol. The molecule has 0 aliphatic carbocycles. The number of benzene rings is 2. The van der Waals surface area contributed by atoms with Crippen molar-refractivity contribution in [2.75, 3.05) is 18.5 Å². The molecule has 2 amide bonds. The molecule has 2 N–H and O–H groups in total. The molecule has 130 valence electrons. The summed E-state index contributed by atoms with van der Waals surface area (Å²) in [5, 5.41) is 5.15. The van der Waals surface area contributed by atoms with Gasteiger partial charge in [-0.25, -0.2) is 4.39 Å². The molecule has 25 heavy (non-hydrogen) atoms. The van der Waals surface area contributed by atoms with E-state index in [1.807, 2.05) is 0 Å². The van der Waals surface area contributed by atoms with Crippen LogP contribution in [-0.4, -0.2) is 25.0 Å². The Kier molecular flexibility index (Phi) is 6.54.